The van der Waals surface area contributed by atoms with Crippen molar-refractivity contribution in [2.75, 3.05) is 0 Å². The summed E-state index contributed by atoms with van der Waals surface area (Å²) in [4.78, 5) is 24.3. The van der Waals surface area contributed by atoms with Crippen LogP contribution in [-0.2, 0) is 6.54 Å². The van der Waals surface area contributed by atoms with Crippen LogP contribution in [0, 0.1) is 10.1 Å². The first-order chi connectivity index (χ1) is 12.6. The summed E-state index contributed by atoms with van der Waals surface area (Å²) in [5.41, 5.74) is 2.27. The third kappa shape index (κ3) is 3.01. The number of aromatic nitrogens is 2. The lowest BCUT2D eigenvalue weighted by Crippen LogP contribution is -3.00. The van der Waals surface area contributed by atoms with E-state index in [0.29, 0.717) is 11.9 Å². The fourth-order valence-corrected chi connectivity index (χ4v) is 4.13. The molecule has 2 heterocycles. The molecule has 2 aromatic carbocycles. The van der Waals surface area contributed by atoms with Gasteiger partial charge in [-0.05, 0) is 12.1 Å². The number of para-hydroxylation sites is 1. The Labute approximate surface area is 164 Å². The van der Waals surface area contributed by atoms with Gasteiger partial charge in [0, 0.05) is 23.1 Å². The van der Waals surface area contributed by atoms with Crippen LogP contribution < -0.4 is 22.4 Å². The molecule has 0 N–H and O–H groups in total. The Bertz CT molecular complexity index is 1250. The number of hydrogen-bond acceptors (Lipinski definition) is 4. The Kier molecular flexibility index (Phi) is 5.07. The molecule has 27 heavy (non-hydrogen) atoms. The van der Waals surface area contributed by atoms with Gasteiger partial charge < -0.3 is 12.4 Å². The number of thiazole rings is 1. The van der Waals surface area contributed by atoms with Gasteiger partial charge in [-0.25, -0.2) is 4.79 Å². The number of allylic oxidation sites excluding steroid dienone is 1. The van der Waals surface area contributed by atoms with E-state index in [1.807, 2.05) is 34.0 Å². The highest BCUT2D eigenvalue weighted by Crippen LogP contribution is 2.25. The molecule has 0 saturated heterocycles. The van der Waals surface area contributed by atoms with Crippen molar-refractivity contribution in [1.29, 1.82) is 0 Å². The maximum Gasteiger partial charge on any atom is 0.349 e. The summed E-state index contributed by atoms with van der Waals surface area (Å²) in [6.45, 7) is 4.13. The summed E-state index contributed by atoms with van der Waals surface area (Å²) < 4.78 is 3.64. The Morgan fingerprint density at radius 1 is 1.22 bits per heavy atom. The Balaban J connectivity index is 0.00000210. The summed E-state index contributed by atoms with van der Waals surface area (Å²) in [5.74, 6) is 0. The third-order valence-electron chi connectivity index (χ3n) is 4.22. The molecule has 4 rings (SSSR count). The van der Waals surface area contributed by atoms with Gasteiger partial charge >= 0.3 is 10.5 Å². The van der Waals surface area contributed by atoms with Gasteiger partial charge in [-0.2, -0.15) is 8.97 Å². The first-order valence-corrected chi connectivity index (χ1v) is 8.80. The number of nitro benzene ring substituents is 1. The van der Waals surface area contributed by atoms with Crippen LogP contribution in [0.1, 0.15) is 0 Å². The van der Waals surface area contributed by atoms with Crippen molar-refractivity contribution in [1.82, 2.24) is 4.57 Å². The van der Waals surface area contributed by atoms with Crippen LogP contribution in [0.3, 0.4) is 0 Å². The molecule has 136 valence electrons. The van der Waals surface area contributed by atoms with Crippen LogP contribution in [0.15, 0.2) is 71.4 Å². The first kappa shape index (κ1) is 18.8. The fourth-order valence-electron chi connectivity index (χ4n) is 3.08. The first-order valence-electron chi connectivity index (χ1n) is 7.92. The van der Waals surface area contributed by atoms with Crippen molar-refractivity contribution < 1.29 is 21.7 Å². The van der Waals surface area contributed by atoms with Crippen LogP contribution in [0.25, 0.3) is 27.1 Å². The molecule has 0 aliphatic heterocycles. The topological polar surface area (TPSA) is 69.2 Å². The van der Waals surface area contributed by atoms with E-state index in [0.717, 1.165) is 21.7 Å². The molecule has 0 radical (unpaired) electrons. The van der Waals surface area contributed by atoms with Crippen molar-refractivity contribution >= 4 is 32.9 Å². The predicted octanol–water partition coefficient (Wildman–Crippen LogP) is 0.567. The summed E-state index contributed by atoms with van der Waals surface area (Å²) in [7, 11) is 0. The van der Waals surface area contributed by atoms with Crippen LogP contribution in [0.5, 0.6) is 0 Å². The molecule has 0 aliphatic rings. The summed E-state index contributed by atoms with van der Waals surface area (Å²) in [6, 6.07) is 13.9. The minimum Gasteiger partial charge on any atom is -1.00 e. The average molecular weight is 400 g/mol. The number of nitro groups is 1. The number of hydrogen-bond donors (Lipinski definition) is 0. The monoisotopic (exact) mass is 399 g/mol. The van der Waals surface area contributed by atoms with E-state index >= 15 is 0 Å². The molecule has 0 spiro atoms. The predicted molar refractivity (Wildman–Crippen MR) is 102 cm³/mol. The summed E-state index contributed by atoms with van der Waals surface area (Å²) in [5, 5.41) is 13.6. The molecule has 2 aromatic heterocycles. The van der Waals surface area contributed by atoms with E-state index in [2.05, 4.69) is 6.58 Å². The molecule has 4 aromatic rings. The molecule has 8 heteroatoms. The molecule has 0 aliphatic carbocycles. The second kappa shape index (κ2) is 7.30. The quantitative estimate of drug-likeness (QED) is 0.218. The SMILES string of the molecule is C=CCn1c(=O)c2ccccc2[n+]2c(-c3cccc([N+](=O)[O-])c3)csc12.[Cl-]. The van der Waals surface area contributed by atoms with Crippen molar-refractivity contribution in [2.24, 2.45) is 0 Å². The lowest BCUT2D eigenvalue weighted by Gasteiger charge is -2.04. The van der Waals surface area contributed by atoms with E-state index in [9.17, 15) is 14.9 Å². The van der Waals surface area contributed by atoms with Gasteiger partial charge in [0.15, 0.2) is 5.69 Å². The molecular formula is C19H14ClN3O3S. The van der Waals surface area contributed by atoms with Crippen LogP contribution >= 0.6 is 11.3 Å². The highest BCUT2D eigenvalue weighted by atomic mass is 35.5. The van der Waals surface area contributed by atoms with Crippen molar-refractivity contribution in [3.8, 4) is 11.3 Å². The number of halogens is 1. The minimum atomic E-state index is -0.408. The molecule has 0 unspecified atom stereocenters. The van der Waals surface area contributed by atoms with Gasteiger partial charge in [-0.3, -0.25) is 10.1 Å². The van der Waals surface area contributed by atoms with E-state index < -0.39 is 4.92 Å². The Morgan fingerprint density at radius 2 is 2.00 bits per heavy atom. The number of benzene rings is 2. The molecule has 0 amide bonds. The van der Waals surface area contributed by atoms with Gasteiger partial charge in [0.25, 0.3) is 5.69 Å². The molecule has 6 nitrogen and oxygen atoms in total. The van der Waals surface area contributed by atoms with Gasteiger partial charge in [0.1, 0.15) is 17.4 Å². The highest BCUT2D eigenvalue weighted by molar-refractivity contribution is 7.15. The van der Waals surface area contributed by atoms with Crippen molar-refractivity contribution in [2.45, 2.75) is 6.54 Å². The zero-order chi connectivity index (χ0) is 18.3. The average Bonchev–Trinajstić information content (AvgIpc) is 3.10. The van der Waals surface area contributed by atoms with E-state index in [1.165, 1.54) is 17.4 Å². The Hall–Kier alpha value is -3.03. The highest BCUT2D eigenvalue weighted by Gasteiger charge is 2.23. The van der Waals surface area contributed by atoms with Crippen LogP contribution in [-0.4, -0.2) is 9.49 Å². The van der Waals surface area contributed by atoms with Crippen molar-refractivity contribution in [3.63, 3.8) is 0 Å². The van der Waals surface area contributed by atoms with Crippen molar-refractivity contribution in [3.05, 3.63) is 87.0 Å². The van der Waals surface area contributed by atoms with Crippen LogP contribution in [0.4, 0.5) is 5.69 Å². The van der Waals surface area contributed by atoms with E-state index in [1.54, 1.807) is 28.8 Å². The number of non-ortho nitro benzene ring substituents is 1. The minimum absolute atomic E-state index is 0. The molecule has 0 bridgehead atoms. The standard InChI is InChI=1S/C19H14N3O3S.ClH/c1-2-10-20-18(23)15-8-3-4-9-16(15)21-17(12-26-19(20)21)13-6-5-7-14(11-13)22(24)25;/h2-9,11-12H,1,10H2;1H/q+1;/p-1. The molecule has 0 saturated carbocycles. The zero-order valence-corrected chi connectivity index (χ0v) is 15.6. The maximum atomic E-state index is 12.8. The fraction of sp³-hybridized carbons (Fsp3) is 0.0526. The van der Waals surface area contributed by atoms with Gasteiger partial charge in [-0.1, -0.05) is 48.3 Å². The lowest BCUT2D eigenvalue weighted by molar-refractivity contribution is -0.468. The molecular weight excluding hydrogens is 386 g/mol. The van der Waals surface area contributed by atoms with E-state index in [4.69, 9.17) is 0 Å². The lowest BCUT2D eigenvalue weighted by atomic mass is 10.1. The normalized spacial score (nSPS) is 10.7. The van der Waals surface area contributed by atoms with Gasteiger partial charge in [0.05, 0.1) is 4.92 Å². The zero-order valence-electron chi connectivity index (χ0n) is 14.0. The largest absolute Gasteiger partial charge is 1.00 e. The number of nitrogens with zero attached hydrogens (tertiary/aromatic N) is 3. The Morgan fingerprint density at radius 3 is 2.74 bits per heavy atom. The smallest absolute Gasteiger partial charge is 0.349 e. The summed E-state index contributed by atoms with van der Waals surface area (Å²) >= 11 is 1.43. The van der Waals surface area contributed by atoms with E-state index in [-0.39, 0.29) is 23.7 Å². The number of rotatable bonds is 4. The van der Waals surface area contributed by atoms with Gasteiger partial charge in [-0.15, -0.1) is 0 Å². The van der Waals surface area contributed by atoms with Crippen LogP contribution in [0.2, 0.25) is 0 Å². The second-order valence-electron chi connectivity index (χ2n) is 5.77. The summed E-state index contributed by atoms with van der Waals surface area (Å²) in [6.07, 6.45) is 1.68. The molecule has 0 atom stereocenters. The molecule has 0 fully saturated rings. The van der Waals surface area contributed by atoms with Gasteiger partial charge in [0.2, 0.25) is 0 Å². The number of fused-ring (bicyclic) bond motifs is 3. The third-order valence-corrected chi connectivity index (χ3v) is 5.18. The second-order valence-corrected chi connectivity index (χ2v) is 6.60. The maximum absolute atomic E-state index is 12.8.